The summed E-state index contributed by atoms with van der Waals surface area (Å²) in [6.45, 7) is 0. The van der Waals surface area contributed by atoms with E-state index in [9.17, 15) is 0 Å². The van der Waals surface area contributed by atoms with Gasteiger partial charge in [-0.3, -0.25) is 0 Å². The maximum atomic E-state index is 5.45. The van der Waals surface area contributed by atoms with Crippen LogP contribution in [0, 0.1) is 0 Å². The molecule has 18 aromatic rings. The number of hydrogen-bond acceptors (Lipinski definition) is 4. The highest BCUT2D eigenvalue weighted by Gasteiger charge is 2.30. The monoisotopic (exact) mass is 1080 g/mol. The summed E-state index contributed by atoms with van der Waals surface area (Å²) in [5.74, 6) is 1.79. The molecule has 0 unspecified atom stereocenters. The topological polar surface area (TPSA) is 58.4 Å². The number of thiophene rings is 1. The molecule has 0 radical (unpaired) electrons. The highest BCUT2D eigenvalue weighted by atomic mass is 32.1. The van der Waals surface area contributed by atoms with E-state index in [1.165, 1.54) is 57.9 Å². The Labute approximate surface area is 479 Å². The normalized spacial score (nSPS) is 12.1. The van der Waals surface area contributed by atoms with Crippen molar-refractivity contribution in [1.82, 2.24) is 33.2 Å². The molecule has 6 heterocycles. The summed E-state index contributed by atoms with van der Waals surface area (Å²) in [7, 11) is 0. The van der Waals surface area contributed by atoms with Crippen molar-refractivity contribution in [3.8, 4) is 56.9 Å². The molecule has 0 bridgehead atoms. The lowest BCUT2D eigenvalue weighted by atomic mass is 10.0. The summed E-state index contributed by atoms with van der Waals surface area (Å²) in [5.41, 5.74) is 15.9. The first-order valence-electron chi connectivity index (χ1n) is 28.1. The Morgan fingerprint density at radius 1 is 0.229 bits per heavy atom. The highest BCUT2D eigenvalue weighted by molar-refractivity contribution is 7.25. The van der Waals surface area contributed by atoms with Crippen LogP contribution in [0.1, 0.15) is 0 Å². The number of fused-ring (bicyclic) bond motifs is 18. The first-order valence-corrected chi connectivity index (χ1v) is 28.9. The third-order valence-electron chi connectivity index (χ3n) is 16.9. The van der Waals surface area contributed by atoms with Crippen LogP contribution in [0.5, 0.6) is 0 Å². The molecular formula is C75H45N7S. The minimum Gasteiger partial charge on any atom is -0.309 e. The molecule has 0 fully saturated rings. The molecule has 18 rings (SSSR count). The molecule has 8 heteroatoms. The van der Waals surface area contributed by atoms with Gasteiger partial charge in [-0.15, -0.1) is 11.3 Å². The fraction of sp³-hybridized carbons (Fsp3) is 0. The average Bonchev–Trinajstić information content (AvgIpc) is 3.08. The second kappa shape index (κ2) is 17.8. The van der Waals surface area contributed by atoms with Crippen LogP contribution in [-0.2, 0) is 0 Å². The van der Waals surface area contributed by atoms with Crippen molar-refractivity contribution in [2.75, 3.05) is 0 Å². The molecule has 386 valence electrons. The lowest BCUT2D eigenvalue weighted by molar-refractivity contribution is 1.07. The van der Waals surface area contributed by atoms with Gasteiger partial charge in [-0.05, 0) is 84.9 Å². The zero-order chi connectivity index (χ0) is 54.3. The van der Waals surface area contributed by atoms with E-state index >= 15 is 0 Å². The largest absolute Gasteiger partial charge is 0.309 e. The van der Waals surface area contributed by atoms with Gasteiger partial charge in [0.1, 0.15) is 0 Å². The maximum Gasteiger partial charge on any atom is 0.164 e. The second-order valence-corrected chi connectivity index (χ2v) is 22.6. The van der Waals surface area contributed by atoms with Gasteiger partial charge in [-0.1, -0.05) is 188 Å². The molecule has 0 aliphatic carbocycles. The van der Waals surface area contributed by atoms with Crippen LogP contribution in [0.4, 0.5) is 0 Å². The predicted octanol–water partition coefficient (Wildman–Crippen LogP) is 19.6. The van der Waals surface area contributed by atoms with Gasteiger partial charge in [0.15, 0.2) is 17.5 Å². The molecule has 0 amide bonds. The zero-order valence-corrected chi connectivity index (χ0v) is 45.3. The van der Waals surface area contributed by atoms with E-state index in [4.69, 9.17) is 15.0 Å². The molecule has 83 heavy (non-hydrogen) atoms. The molecular weight excluding hydrogens is 1030 g/mol. The van der Waals surface area contributed by atoms with Gasteiger partial charge >= 0.3 is 0 Å². The number of benzene rings is 12. The van der Waals surface area contributed by atoms with Crippen LogP contribution < -0.4 is 0 Å². The van der Waals surface area contributed by atoms with E-state index in [0.717, 1.165) is 89.0 Å². The zero-order valence-electron chi connectivity index (χ0n) is 44.5. The summed E-state index contributed by atoms with van der Waals surface area (Å²) in [6, 6.07) is 98.7. The lowest BCUT2D eigenvalue weighted by Crippen LogP contribution is -2.04. The predicted molar refractivity (Wildman–Crippen MR) is 346 cm³/mol. The third-order valence-corrected chi connectivity index (χ3v) is 18.0. The standard InChI is InChI=1S/C75H45N7S/c1-5-23-46(24-6-1)73-76-74(47-25-7-2-8-26-47)78-75(77-73)48-41-51(79-60-36-18-13-31-53(60)58-45-66-59(44-64(58)79)54-32-17-22-40-65(54)83-66)43-52(42-48)82-63-39-21-16-35-57(63)69-71-67(55-33-14-19-37-61(55)80(71)49-27-9-3-10-28-49)70-68(72(69)82)56-34-15-20-38-62(56)81(70)50-29-11-4-12-30-50/h1-45H. The first-order chi connectivity index (χ1) is 41.2. The van der Waals surface area contributed by atoms with Gasteiger partial charge in [0.25, 0.3) is 0 Å². The summed E-state index contributed by atoms with van der Waals surface area (Å²) >= 11 is 1.86. The SMILES string of the molecule is c1ccc(-c2nc(-c3ccccc3)nc(-c3cc(-n4c5ccccc5c5cc6sc7ccccc7c6cc54)cc(-n4c5ccccc5c5c6c(c7ccccc7n6-c6ccccc6)c6c(c7ccccc7n6-c6ccccc6)c54)c3)n2)cc1. The van der Waals surface area contributed by atoms with Gasteiger partial charge < -0.3 is 18.3 Å². The molecule has 0 aliphatic heterocycles. The number of para-hydroxylation sites is 6. The van der Waals surface area contributed by atoms with Gasteiger partial charge in [-0.2, -0.15) is 0 Å². The van der Waals surface area contributed by atoms with E-state index in [2.05, 4.69) is 255 Å². The van der Waals surface area contributed by atoms with E-state index in [0.29, 0.717) is 17.5 Å². The van der Waals surface area contributed by atoms with Crippen molar-refractivity contribution >= 4 is 119 Å². The van der Waals surface area contributed by atoms with Crippen LogP contribution in [0.2, 0.25) is 0 Å². The number of nitrogens with zero attached hydrogens (tertiary/aromatic N) is 7. The Hall–Kier alpha value is -10.9. The van der Waals surface area contributed by atoms with Crippen LogP contribution in [0.25, 0.3) is 164 Å². The van der Waals surface area contributed by atoms with Crippen molar-refractivity contribution < 1.29 is 0 Å². The minimum atomic E-state index is 0.575. The fourth-order valence-electron chi connectivity index (χ4n) is 13.5. The Morgan fingerprint density at radius 2 is 0.602 bits per heavy atom. The van der Waals surface area contributed by atoms with Crippen LogP contribution in [0.15, 0.2) is 273 Å². The number of hydrogen-bond donors (Lipinski definition) is 0. The van der Waals surface area contributed by atoms with Gasteiger partial charge in [0.05, 0.1) is 44.1 Å². The lowest BCUT2D eigenvalue weighted by Gasteiger charge is -2.17. The Morgan fingerprint density at radius 3 is 1.10 bits per heavy atom. The van der Waals surface area contributed by atoms with Crippen LogP contribution >= 0.6 is 11.3 Å². The average molecular weight is 1080 g/mol. The van der Waals surface area contributed by atoms with Crippen molar-refractivity contribution in [3.63, 3.8) is 0 Å². The summed E-state index contributed by atoms with van der Waals surface area (Å²) < 4.78 is 12.6. The van der Waals surface area contributed by atoms with Gasteiger partial charge in [0, 0.05) is 103 Å². The van der Waals surface area contributed by atoms with E-state index in [1.54, 1.807) is 0 Å². The maximum absolute atomic E-state index is 5.45. The molecule has 0 N–H and O–H groups in total. The second-order valence-electron chi connectivity index (χ2n) is 21.5. The number of aromatic nitrogens is 7. The third kappa shape index (κ3) is 6.75. The molecule has 0 saturated heterocycles. The Balaban J connectivity index is 1.05. The summed E-state index contributed by atoms with van der Waals surface area (Å²) in [6.07, 6.45) is 0. The molecule has 12 aromatic carbocycles. The van der Waals surface area contributed by atoms with Crippen LogP contribution in [-0.4, -0.2) is 33.2 Å². The molecule has 0 aliphatic rings. The summed E-state index contributed by atoms with van der Waals surface area (Å²) in [5, 5.41) is 12.0. The fourth-order valence-corrected chi connectivity index (χ4v) is 14.6. The molecule has 0 saturated carbocycles. The van der Waals surface area contributed by atoms with Crippen molar-refractivity contribution in [2.24, 2.45) is 0 Å². The Bertz CT molecular complexity index is 5550. The van der Waals surface area contributed by atoms with Crippen molar-refractivity contribution in [1.29, 1.82) is 0 Å². The van der Waals surface area contributed by atoms with Crippen LogP contribution in [0.3, 0.4) is 0 Å². The first kappa shape index (κ1) is 45.9. The van der Waals surface area contributed by atoms with E-state index < -0.39 is 0 Å². The quantitative estimate of drug-likeness (QED) is 0.160. The van der Waals surface area contributed by atoms with Gasteiger partial charge in [-0.25, -0.2) is 15.0 Å². The van der Waals surface area contributed by atoms with Gasteiger partial charge in [0.2, 0.25) is 0 Å². The summed E-state index contributed by atoms with van der Waals surface area (Å²) in [4.78, 5) is 16.1. The van der Waals surface area contributed by atoms with E-state index in [-0.39, 0.29) is 0 Å². The minimum absolute atomic E-state index is 0.575. The highest BCUT2D eigenvalue weighted by Crippen LogP contribution is 2.51. The Kier molecular flexibility index (Phi) is 9.83. The number of rotatable bonds is 7. The van der Waals surface area contributed by atoms with Crippen molar-refractivity contribution in [2.45, 2.75) is 0 Å². The van der Waals surface area contributed by atoms with E-state index in [1.807, 2.05) is 47.7 Å². The molecule has 6 aromatic heterocycles. The molecule has 7 nitrogen and oxygen atoms in total. The van der Waals surface area contributed by atoms with Crippen molar-refractivity contribution in [3.05, 3.63) is 273 Å². The molecule has 0 spiro atoms. The smallest absolute Gasteiger partial charge is 0.164 e. The molecule has 0 atom stereocenters.